The summed E-state index contributed by atoms with van der Waals surface area (Å²) in [4.78, 5) is 32.4. The first kappa shape index (κ1) is 132. The monoisotopic (exact) mass is 1660 g/mol. The number of allylic oxidation sites excluding steroid dienone is 6. The SMILES string of the molecule is C.CC.CC.CC.CC.CC.CC.CC.CC.CC.CC.CC.CC(C)C1=CC=CC1.CC(C)C1=CS(=O)(=O)C=C1.CC(C)c1ccno1.CC(C)c1ccns1.CC(C)c1cnc[nH]1.CC(C)c1cnc[nH]1.CC(C)c1cnco1.CC(C)c1cncs1.CC(C)c1cnoc1.CC(C)c1cocn1.CC(C)c1cscn1. The Hall–Kier alpha value is -6.94. The van der Waals surface area contributed by atoms with Gasteiger partial charge in [0.25, 0.3) is 0 Å². The highest BCUT2D eigenvalue weighted by atomic mass is 32.2. The van der Waals surface area contributed by atoms with Crippen LogP contribution in [-0.4, -0.2) is 63.0 Å². The van der Waals surface area contributed by atoms with Crippen molar-refractivity contribution in [2.45, 2.75) is 372 Å². The molecule has 10 heterocycles. The summed E-state index contributed by atoms with van der Waals surface area (Å²) in [7, 11) is -2.98. The Bertz CT molecular complexity index is 2690. The molecule has 0 fully saturated rings. The Labute approximate surface area is 709 Å². The van der Waals surface area contributed by atoms with Crippen LogP contribution in [0.3, 0.4) is 0 Å². The van der Waals surface area contributed by atoms with Crippen molar-refractivity contribution in [2.75, 3.05) is 0 Å². The molecule has 0 bridgehead atoms. The molecule has 0 unspecified atom stereocenters. The van der Waals surface area contributed by atoms with Crippen LogP contribution in [0, 0.1) is 11.8 Å². The second kappa shape index (κ2) is 97.4. The second-order valence-electron chi connectivity index (χ2n) is 24.0. The van der Waals surface area contributed by atoms with E-state index in [1.165, 1.54) is 56.9 Å². The number of H-pyrrole nitrogens is 2. The summed E-state index contributed by atoms with van der Waals surface area (Å²) < 4.78 is 44.8. The predicted molar refractivity (Wildman–Crippen MR) is 506 cm³/mol. The highest BCUT2D eigenvalue weighted by molar-refractivity contribution is 7.97. The predicted octanol–water partition coefficient (Wildman–Crippen LogP) is 33.0. The zero-order valence-corrected chi connectivity index (χ0v) is 82.8. The number of rotatable bonds is 11. The van der Waals surface area contributed by atoms with Gasteiger partial charge in [-0.05, 0) is 88.9 Å². The molecule has 2 aliphatic rings. The molecule has 113 heavy (non-hydrogen) atoms. The van der Waals surface area contributed by atoms with Gasteiger partial charge in [-0.2, -0.15) is 0 Å². The van der Waals surface area contributed by atoms with Gasteiger partial charge in [-0.3, -0.25) is 4.98 Å². The third-order valence-corrected chi connectivity index (χ3v) is 16.4. The molecular formula is C92H175N11O6S4. The molecule has 0 saturated heterocycles. The van der Waals surface area contributed by atoms with E-state index in [-0.39, 0.29) is 7.43 Å². The average Bonchev–Trinajstić information content (AvgIpc) is 1.82. The van der Waals surface area contributed by atoms with Gasteiger partial charge in [0.05, 0.1) is 53.7 Å². The molecule has 0 spiro atoms. The van der Waals surface area contributed by atoms with Crippen molar-refractivity contribution >= 4 is 44.0 Å². The first-order chi connectivity index (χ1) is 53.6. The van der Waals surface area contributed by atoms with Gasteiger partial charge in [-0.1, -0.05) is 346 Å². The smallest absolute Gasteiger partial charge is 0.193 e. The van der Waals surface area contributed by atoms with Gasteiger partial charge >= 0.3 is 0 Å². The minimum atomic E-state index is -2.98. The fraction of sp³-hybridized carbons (Fsp3) is 0.620. The van der Waals surface area contributed by atoms with Crippen molar-refractivity contribution < 1.29 is 26.3 Å². The number of thiazole rings is 2. The highest BCUT2D eigenvalue weighted by Crippen LogP contribution is 2.22. The lowest BCUT2D eigenvalue weighted by Crippen LogP contribution is -1.88. The van der Waals surface area contributed by atoms with Crippen molar-refractivity contribution in [3.05, 3.63) is 206 Å². The Morgan fingerprint density at radius 3 is 1.13 bits per heavy atom. The first-order valence-electron chi connectivity index (χ1n) is 41.8. The largest absolute Gasteiger partial charge is 0.451 e. The summed E-state index contributed by atoms with van der Waals surface area (Å²) >= 11 is 4.96. The number of sulfone groups is 1. The van der Waals surface area contributed by atoms with Crippen molar-refractivity contribution in [1.29, 1.82) is 0 Å². The Balaban J connectivity index is -0.0000000968. The summed E-state index contributed by atoms with van der Waals surface area (Å²) in [6.45, 7) is 90.6. The fourth-order valence-corrected chi connectivity index (χ4v) is 9.49. The Morgan fingerprint density at radius 2 is 0.956 bits per heavy atom. The minimum absolute atomic E-state index is 0. The van der Waals surface area contributed by atoms with E-state index < -0.39 is 9.84 Å². The van der Waals surface area contributed by atoms with Gasteiger partial charge in [-0.25, -0.2) is 37.7 Å². The summed E-state index contributed by atoms with van der Waals surface area (Å²) in [5.41, 5.74) is 12.0. The number of oxazole rings is 2. The standard InChI is InChI=1S/C8H12.C7H10O2S.2C6H10N2.4C6H9NO.3C6H9NS.11C2H6.CH4/c1-7(2)8-5-3-4-6-8;1-6(2)7-3-4-10(8,9)5-7;2*1-5(2)6-3-7-4-8-6;1-5(2)6-3-8-4-7-6;1-5(2)6-3-7-4-8-6;1-5(2)6-3-7-8-4-6;1-5(2)6-3-4-7-8-6;1-5(2)6-3-8-4-7-6;1-5(2)6-3-7-4-8-6;1-5(2)6-3-4-7-8-6;11*1-2;/h3-5,7H,6H2,1-2H3;3-6H,1-2H3;2*3-5H,1-2H3,(H,7,8);7*3-5H,1-2H3;11*1-2H3;1H4. The van der Waals surface area contributed by atoms with E-state index >= 15 is 0 Å². The van der Waals surface area contributed by atoms with Crippen LogP contribution in [0.2, 0.25) is 0 Å². The zero-order valence-electron chi connectivity index (χ0n) is 79.5. The maximum Gasteiger partial charge on any atom is 0.193 e. The van der Waals surface area contributed by atoms with Crippen molar-refractivity contribution in [3.8, 4) is 0 Å². The molecular weight excluding hydrogens is 1480 g/mol. The fourth-order valence-electron chi connectivity index (χ4n) is 6.41. The van der Waals surface area contributed by atoms with Crippen molar-refractivity contribution in [2.24, 2.45) is 11.8 Å². The lowest BCUT2D eigenvalue weighted by Gasteiger charge is -2.02. The second-order valence-corrected chi connectivity index (χ2v) is 28.2. The number of aromatic amines is 2. The van der Waals surface area contributed by atoms with E-state index in [9.17, 15) is 8.42 Å². The molecule has 658 valence electrons. The van der Waals surface area contributed by atoms with Gasteiger partial charge in [0.2, 0.25) is 0 Å². The molecule has 11 rings (SSSR count). The van der Waals surface area contributed by atoms with E-state index in [0.717, 1.165) is 34.3 Å². The van der Waals surface area contributed by atoms with Gasteiger partial charge < -0.3 is 27.8 Å². The van der Waals surface area contributed by atoms with Crippen LogP contribution in [0.5, 0.6) is 0 Å². The number of nitrogens with one attached hydrogen (secondary N) is 2. The summed E-state index contributed by atoms with van der Waals surface area (Å²) in [6.07, 6.45) is 31.7. The molecule has 0 amide bonds. The van der Waals surface area contributed by atoms with Crippen LogP contribution >= 0.6 is 34.2 Å². The van der Waals surface area contributed by atoms with Crippen molar-refractivity contribution in [1.82, 2.24) is 54.6 Å². The van der Waals surface area contributed by atoms with Gasteiger partial charge in [0.15, 0.2) is 22.6 Å². The number of nitrogens with zero attached hydrogens (tertiary/aromatic N) is 9. The van der Waals surface area contributed by atoms with Gasteiger partial charge in [-0.15, -0.1) is 22.7 Å². The van der Waals surface area contributed by atoms with Crippen LogP contribution in [0.4, 0.5) is 0 Å². The molecule has 21 heteroatoms. The summed E-state index contributed by atoms with van der Waals surface area (Å²) in [6, 6.07) is 3.94. The average molecular weight is 1660 g/mol. The molecule has 0 aromatic carbocycles. The molecule has 1 aliphatic carbocycles. The van der Waals surface area contributed by atoms with Crippen LogP contribution in [0.15, 0.2) is 174 Å². The molecule has 0 radical (unpaired) electrons. The van der Waals surface area contributed by atoms with Crippen LogP contribution in [0.25, 0.3) is 0 Å². The van der Waals surface area contributed by atoms with Gasteiger partial charge in [0.1, 0.15) is 24.0 Å². The van der Waals surface area contributed by atoms with Crippen molar-refractivity contribution in [3.63, 3.8) is 0 Å². The van der Waals surface area contributed by atoms with Gasteiger partial charge in [0, 0.05) is 85.6 Å². The van der Waals surface area contributed by atoms with E-state index in [0.29, 0.717) is 59.2 Å². The summed E-state index contributed by atoms with van der Waals surface area (Å²) in [5, 5.41) is 11.8. The quantitative estimate of drug-likeness (QED) is 0.123. The molecule has 1 aliphatic heterocycles. The van der Waals surface area contributed by atoms with E-state index in [1.54, 1.807) is 89.6 Å². The molecule has 2 N–H and O–H groups in total. The molecule has 9 aromatic heterocycles. The molecule has 17 nitrogen and oxygen atoms in total. The summed E-state index contributed by atoms with van der Waals surface area (Å²) in [5.74, 6) is 7.86. The number of imidazole rings is 2. The van der Waals surface area contributed by atoms with Crippen LogP contribution in [-0.2, 0) is 9.84 Å². The Kier molecular flexibility index (Phi) is 114. The maximum absolute atomic E-state index is 10.8. The van der Waals surface area contributed by atoms with E-state index in [2.05, 4.69) is 227 Å². The number of hydrogen-bond acceptors (Lipinski definition) is 18. The highest BCUT2D eigenvalue weighted by Gasteiger charge is 2.13. The first-order valence-corrected chi connectivity index (χ1v) is 46.0. The van der Waals surface area contributed by atoms with Crippen LogP contribution < -0.4 is 0 Å². The third kappa shape index (κ3) is 80.1. The van der Waals surface area contributed by atoms with Crippen LogP contribution in [0.1, 0.15) is 421 Å². The molecule has 0 saturated carbocycles. The third-order valence-electron chi connectivity index (χ3n) is 12.5. The molecule has 9 aromatic rings. The van der Waals surface area contributed by atoms with E-state index in [1.807, 2.05) is 208 Å². The maximum atomic E-state index is 10.8. The minimum Gasteiger partial charge on any atom is -0.451 e. The Morgan fingerprint density at radius 1 is 0.451 bits per heavy atom. The lowest BCUT2D eigenvalue weighted by atomic mass is 10.0. The number of hydrogen-bond donors (Lipinski definition) is 2. The number of aromatic nitrogens is 11. The normalized spacial score (nSPS) is 10.4. The van der Waals surface area contributed by atoms with E-state index in [4.69, 9.17) is 13.4 Å². The zero-order chi connectivity index (χ0) is 89.6. The lowest BCUT2D eigenvalue weighted by molar-refractivity contribution is 0.371. The topological polar surface area (TPSA) is 234 Å². The molecule has 0 atom stereocenters.